The minimum absolute atomic E-state index is 0.334. The number of nitrogens with one attached hydrogen (secondary N) is 1. The van der Waals surface area contributed by atoms with Crippen LogP contribution in [-0.2, 0) is 0 Å². The van der Waals surface area contributed by atoms with Gasteiger partial charge in [-0.3, -0.25) is 4.90 Å². The van der Waals surface area contributed by atoms with Crippen LogP contribution in [-0.4, -0.2) is 47.8 Å². The van der Waals surface area contributed by atoms with Gasteiger partial charge in [-0.25, -0.2) is 0 Å². The van der Waals surface area contributed by atoms with Crippen LogP contribution in [0.25, 0.3) is 0 Å². The van der Waals surface area contributed by atoms with Gasteiger partial charge in [0.25, 0.3) is 0 Å². The van der Waals surface area contributed by atoms with Crippen molar-refractivity contribution in [3.8, 4) is 0 Å². The summed E-state index contributed by atoms with van der Waals surface area (Å²) in [7, 11) is 0. The number of hydrogen-bond donors (Lipinski definition) is 2. The minimum atomic E-state index is -0.457. The Labute approximate surface area is 73.8 Å². The molecule has 2 N–H and O–H groups in total. The molecule has 0 aromatic carbocycles. The van der Waals surface area contributed by atoms with E-state index in [1.807, 2.05) is 6.92 Å². The molecule has 3 unspecified atom stereocenters. The Bertz CT molecular complexity index is 181. The summed E-state index contributed by atoms with van der Waals surface area (Å²) in [6.45, 7) is 8.17. The van der Waals surface area contributed by atoms with E-state index in [1.165, 1.54) is 0 Å². The predicted octanol–water partition coefficient (Wildman–Crippen LogP) is -0.339. The fraction of sp³-hybridized carbons (Fsp3) is 1.00. The normalized spacial score (nSPS) is 48.2. The lowest BCUT2D eigenvalue weighted by atomic mass is 9.84. The molecular formula is C9H18N2O. The van der Waals surface area contributed by atoms with E-state index in [-0.39, 0.29) is 0 Å². The highest BCUT2D eigenvalue weighted by molar-refractivity contribution is 5.06. The quantitative estimate of drug-likeness (QED) is 0.565. The molecule has 2 heterocycles. The lowest BCUT2D eigenvalue weighted by Gasteiger charge is -2.37. The summed E-state index contributed by atoms with van der Waals surface area (Å²) in [4.78, 5) is 2.38. The summed E-state index contributed by atoms with van der Waals surface area (Å²) in [6.07, 6.45) is 0. The van der Waals surface area contributed by atoms with E-state index < -0.39 is 5.60 Å². The van der Waals surface area contributed by atoms with Gasteiger partial charge in [-0.15, -0.1) is 0 Å². The average Bonchev–Trinajstić information content (AvgIpc) is 2.25. The lowest BCUT2D eigenvalue weighted by Crippen LogP contribution is -2.56. The second-order valence-electron chi connectivity index (χ2n) is 4.18. The number of nitrogens with zero attached hydrogens (tertiary/aromatic N) is 1. The van der Waals surface area contributed by atoms with Gasteiger partial charge in [0.05, 0.1) is 11.6 Å². The zero-order valence-electron chi connectivity index (χ0n) is 7.88. The highest BCUT2D eigenvalue weighted by atomic mass is 16.3. The Morgan fingerprint density at radius 3 is 2.92 bits per heavy atom. The molecule has 0 aliphatic carbocycles. The third-order valence-corrected chi connectivity index (χ3v) is 3.53. The van der Waals surface area contributed by atoms with Crippen molar-refractivity contribution >= 4 is 0 Å². The van der Waals surface area contributed by atoms with E-state index in [2.05, 4.69) is 17.1 Å². The van der Waals surface area contributed by atoms with E-state index in [0.29, 0.717) is 12.0 Å². The maximum absolute atomic E-state index is 10.2. The Kier molecular flexibility index (Phi) is 1.90. The highest BCUT2D eigenvalue weighted by Crippen LogP contribution is 2.35. The van der Waals surface area contributed by atoms with E-state index >= 15 is 0 Å². The third-order valence-electron chi connectivity index (χ3n) is 3.53. The summed E-state index contributed by atoms with van der Waals surface area (Å²) in [6, 6.07) is 0.334. The second kappa shape index (κ2) is 2.69. The van der Waals surface area contributed by atoms with Gasteiger partial charge in [-0.1, -0.05) is 6.92 Å². The molecular weight excluding hydrogens is 152 g/mol. The van der Waals surface area contributed by atoms with Crippen LogP contribution in [0.2, 0.25) is 0 Å². The molecule has 2 aliphatic heterocycles. The van der Waals surface area contributed by atoms with Crippen LogP contribution >= 0.6 is 0 Å². The van der Waals surface area contributed by atoms with Crippen LogP contribution < -0.4 is 5.32 Å². The largest absolute Gasteiger partial charge is 0.388 e. The SMILES string of the molecule is CCN1CC2CNCC1C2(C)O. The maximum atomic E-state index is 10.2. The van der Waals surface area contributed by atoms with Crippen LogP contribution in [0.5, 0.6) is 0 Å². The van der Waals surface area contributed by atoms with Gasteiger partial charge >= 0.3 is 0 Å². The topological polar surface area (TPSA) is 35.5 Å². The number of rotatable bonds is 1. The monoisotopic (exact) mass is 170 g/mol. The lowest BCUT2D eigenvalue weighted by molar-refractivity contribution is -0.0225. The molecule has 2 saturated heterocycles. The molecule has 0 aromatic rings. The number of likely N-dealkylation sites (N-methyl/N-ethyl adjacent to an activating group) is 1. The minimum Gasteiger partial charge on any atom is -0.388 e. The molecule has 0 radical (unpaired) electrons. The van der Waals surface area contributed by atoms with Crippen LogP contribution in [0.4, 0.5) is 0 Å². The summed E-state index contributed by atoms with van der Waals surface area (Å²) in [5, 5.41) is 13.6. The van der Waals surface area contributed by atoms with E-state index in [1.54, 1.807) is 0 Å². The Hall–Kier alpha value is -0.120. The first kappa shape index (κ1) is 8.48. The summed E-state index contributed by atoms with van der Waals surface area (Å²) < 4.78 is 0. The van der Waals surface area contributed by atoms with Crippen LogP contribution in [0.3, 0.4) is 0 Å². The molecule has 3 nitrogen and oxygen atoms in total. The van der Waals surface area contributed by atoms with Crippen LogP contribution in [0.15, 0.2) is 0 Å². The van der Waals surface area contributed by atoms with Crippen molar-refractivity contribution in [1.82, 2.24) is 10.2 Å². The van der Waals surface area contributed by atoms with Crippen molar-refractivity contribution in [2.45, 2.75) is 25.5 Å². The maximum Gasteiger partial charge on any atom is 0.0838 e. The van der Waals surface area contributed by atoms with Gasteiger partial charge in [0.1, 0.15) is 0 Å². The molecule has 0 amide bonds. The zero-order valence-corrected chi connectivity index (χ0v) is 7.88. The van der Waals surface area contributed by atoms with Crippen molar-refractivity contribution in [3.05, 3.63) is 0 Å². The molecule has 2 fully saturated rings. The molecule has 3 heteroatoms. The molecule has 0 saturated carbocycles. The number of likely N-dealkylation sites (tertiary alicyclic amines) is 1. The first-order valence-electron chi connectivity index (χ1n) is 4.83. The molecule has 0 aromatic heterocycles. The summed E-state index contributed by atoms with van der Waals surface area (Å²) in [5.74, 6) is 0.427. The van der Waals surface area contributed by atoms with Gasteiger partial charge in [-0.05, 0) is 13.5 Å². The van der Waals surface area contributed by atoms with Crippen molar-refractivity contribution in [3.63, 3.8) is 0 Å². The number of piperidine rings is 1. The average molecular weight is 170 g/mol. The fourth-order valence-electron chi connectivity index (χ4n) is 2.59. The molecule has 0 spiro atoms. The van der Waals surface area contributed by atoms with Crippen molar-refractivity contribution in [1.29, 1.82) is 0 Å². The van der Waals surface area contributed by atoms with Gasteiger partial charge in [0.15, 0.2) is 0 Å². The Balaban J connectivity index is 2.20. The van der Waals surface area contributed by atoms with Crippen LogP contribution in [0.1, 0.15) is 13.8 Å². The number of aliphatic hydroxyl groups is 1. The molecule has 3 atom stereocenters. The highest BCUT2D eigenvalue weighted by Gasteiger charge is 2.51. The van der Waals surface area contributed by atoms with Crippen molar-refractivity contribution < 1.29 is 5.11 Å². The number of fused-ring (bicyclic) bond motifs is 2. The van der Waals surface area contributed by atoms with Crippen molar-refractivity contribution in [2.24, 2.45) is 5.92 Å². The second-order valence-corrected chi connectivity index (χ2v) is 4.18. The predicted molar refractivity (Wildman–Crippen MR) is 48.0 cm³/mol. The first-order chi connectivity index (χ1) is 5.66. The summed E-state index contributed by atoms with van der Waals surface area (Å²) in [5.41, 5.74) is -0.457. The molecule has 2 aliphatic rings. The molecule has 12 heavy (non-hydrogen) atoms. The first-order valence-corrected chi connectivity index (χ1v) is 4.83. The molecule has 2 rings (SSSR count). The van der Waals surface area contributed by atoms with E-state index in [9.17, 15) is 5.11 Å². The van der Waals surface area contributed by atoms with Crippen molar-refractivity contribution in [2.75, 3.05) is 26.2 Å². The summed E-state index contributed by atoms with van der Waals surface area (Å²) >= 11 is 0. The van der Waals surface area contributed by atoms with Gasteiger partial charge in [0.2, 0.25) is 0 Å². The number of hydrogen-bond acceptors (Lipinski definition) is 3. The van der Waals surface area contributed by atoms with Gasteiger partial charge in [0, 0.05) is 25.6 Å². The third kappa shape index (κ3) is 1.00. The standard InChI is InChI=1S/C9H18N2O/c1-3-11-6-7-4-10-5-8(11)9(7,2)12/h7-8,10,12H,3-6H2,1-2H3. The van der Waals surface area contributed by atoms with E-state index in [4.69, 9.17) is 0 Å². The van der Waals surface area contributed by atoms with E-state index in [0.717, 1.165) is 26.2 Å². The smallest absolute Gasteiger partial charge is 0.0838 e. The van der Waals surface area contributed by atoms with Gasteiger partial charge in [-0.2, -0.15) is 0 Å². The zero-order chi connectivity index (χ0) is 8.77. The Morgan fingerprint density at radius 2 is 2.33 bits per heavy atom. The van der Waals surface area contributed by atoms with Gasteiger partial charge < -0.3 is 10.4 Å². The van der Waals surface area contributed by atoms with Crippen LogP contribution in [0, 0.1) is 5.92 Å². The molecule has 2 bridgehead atoms. The Morgan fingerprint density at radius 1 is 1.58 bits per heavy atom. The fourth-order valence-corrected chi connectivity index (χ4v) is 2.59. The molecule has 70 valence electrons.